The quantitative estimate of drug-likeness (QED) is 0.653. The highest BCUT2D eigenvalue weighted by Crippen LogP contribution is 2.34. The van der Waals surface area contributed by atoms with E-state index in [0.29, 0.717) is 17.7 Å². The second kappa shape index (κ2) is 7.92. The first kappa shape index (κ1) is 18.9. The maximum absolute atomic E-state index is 12.3. The highest BCUT2D eigenvalue weighted by Gasteiger charge is 2.24. The average molecular weight is 385 g/mol. The maximum atomic E-state index is 12.3. The van der Waals surface area contributed by atoms with Gasteiger partial charge in [-0.25, -0.2) is 0 Å². The van der Waals surface area contributed by atoms with E-state index in [4.69, 9.17) is 4.74 Å². The Hall–Kier alpha value is -3.40. The topological polar surface area (TPSA) is 55.4 Å². The Morgan fingerprint density at radius 2 is 1.79 bits per heavy atom. The third-order valence-corrected chi connectivity index (χ3v) is 5.22. The van der Waals surface area contributed by atoms with E-state index < -0.39 is 0 Å². The van der Waals surface area contributed by atoms with Crippen LogP contribution in [0.5, 0.6) is 5.75 Å². The number of fused-ring (bicyclic) bond motifs is 1. The molecule has 0 aromatic heterocycles. The van der Waals surface area contributed by atoms with Crippen LogP contribution in [-0.2, 0) is 6.42 Å². The molecule has 1 aliphatic heterocycles. The lowest BCUT2D eigenvalue weighted by Crippen LogP contribution is -2.34. The van der Waals surface area contributed by atoms with Crippen molar-refractivity contribution >= 4 is 11.7 Å². The zero-order chi connectivity index (χ0) is 20.4. The van der Waals surface area contributed by atoms with E-state index in [1.165, 1.54) is 0 Å². The van der Waals surface area contributed by atoms with Crippen molar-refractivity contribution in [3.63, 3.8) is 0 Å². The van der Waals surface area contributed by atoms with E-state index in [-0.39, 0.29) is 17.8 Å². The Bertz CT molecular complexity index is 1070. The average Bonchev–Trinajstić information content (AvgIpc) is 3.14. The summed E-state index contributed by atoms with van der Waals surface area (Å²) in [6.45, 7) is 4.02. The Balaban J connectivity index is 1.45. The Kier molecular flexibility index (Phi) is 5.17. The molecule has 0 bridgehead atoms. The number of carbonyl (C=O) groups is 2. The van der Waals surface area contributed by atoms with Crippen molar-refractivity contribution in [1.29, 1.82) is 0 Å². The van der Waals surface area contributed by atoms with Crippen molar-refractivity contribution in [2.75, 3.05) is 6.54 Å². The summed E-state index contributed by atoms with van der Waals surface area (Å²) in [6.07, 6.45) is 0.622. The second-order valence-electron chi connectivity index (χ2n) is 7.44. The fourth-order valence-electron chi connectivity index (χ4n) is 3.66. The van der Waals surface area contributed by atoms with Gasteiger partial charge in [-0.3, -0.25) is 9.59 Å². The Morgan fingerprint density at radius 3 is 2.55 bits per heavy atom. The molecule has 0 fully saturated rings. The molecule has 146 valence electrons. The molecule has 0 spiro atoms. The van der Waals surface area contributed by atoms with E-state index in [9.17, 15) is 9.59 Å². The smallest absolute Gasteiger partial charge is 0.251 e. The molecule has 3 aromatic carbocycles. The van der Waals surface area contributed by atoms with Crippen LogP contribution < -0.4 is 10.1 Å². The van der Waals surface area contributed by atoms with E-state index in [1.54, 1.807) is 6.92 Å². The third kappa shape index (κ3) is 4.06. The first-order valence-electron chi connectivity index (χ1n) is 9.76. The van der Waals surface area contributed by atoms with Gasteiger partial charge in [-0.15, -0.1) is 0 Å². The second-order valence-corrected chi connectivity index (χ2v) is 7.44. The van der Waals surface area contributed by atoms with Gasteiger partial charge in [0.1, 0.15) is 11.9 Å². The standard InChI is InChI=1S/C25H23NO3/c1-16-7-9-18(10-8-16)25(28)26-15-21-14-20-13-19(11-12-24(20)29-21)23-6-4-3-5-22(23)17(2)27/h3-13,21H,14-15H2,1-2H3,(H,26,28)/t21-/m0/s1. The van der Waals surface area contributed by atoms with Gasteiger partial charge < -0.3 is 10.1 Å². The number of benzene rings is 3. The minimum atomic E-state index is -0.0994. The molecule has 1 amide bonds. The van der Waals surface area contributed by atoms with Crippen LogP contribution >= 0.6 is 0 Å². The summed E-state index contributed by atoms with van der Waals surface area (Å²) in [5.41, 5.74) is 5.51. The fourth-order valence-corrected chi connectivity index (χ4v) is 3.66. The predicted molar refractivity (Wildman–Crippen MR) is 114 cm³/mol. The summed E-state index contributed by atoms with van der Waals surface area (Å²) >= 11 is 0. The van der Waals surface area contributed by atoms with Gasteiger partial charge in [0.05, 0.1) is 6.54 Å². The van der Waals surface area contributed by atoms with Crippen molar-refractivity contribution in [2.45, 2.75) is 26.4 Å². The summed E-state index contributed by atoms with van der Waals surface area (Å²) in [5.74, 6) is 0.790. The summed E-state index contributed by atoms with van der Waals surface area (Å²) in [6, 6.07) is 21.2. The minimum absolute atomic E-state index is 0.0500. The summed E-state index contributed by atoms with van der Waals surface area (Å²) in [7, 11) is 0. The third-order valence-electron chi connectivity index (χ3n) is 5.22. The normalized spacial score (nSPS) is 14.8. The van der Waals surface area contributed by atoms with E-state index in [1.807, 2.05) is 67.6 Å². The van der Waals surface area contributed by atoms with Gasteiger partial charge in [0.15, 0.2) is 5.78 Å². The lowest BCUT2D eigenvalue weighted by Gasteiger charge is -2.12. The van der Waals surface area contributed by atoms with E-state index in [0.717, 1.165) is 34.4 Å². The zero-order valence-electron chi connectivity index (χ0n) is 16.6. The van der Waals surface area contributed by atoms with Gasteiger partial charge in [-0.2, -0.15) is 0 Å². The van der Waals surface area contributed by atoms with Crippen LogP contribution in [0.1, 0.15) is 38.8 Å². The van der Waals surface area contributed by atoms with Gasteiger partial charge in [0, 0.05) is 17.5 Å². The molecule has 4 rings (SSSR count). The summed E-state index contributed by atoms with van der Waals surface area (Å²) < 4.78 is 6.00. The molecule has 4 nitrogen and oxygen atoms in total. The number of hydrogen-bond acceptors (Lipinski definition) is 3. The molecule has 1 heterocycles. The molecule has 0 aliphatic carbocycles. The summed E-state index contributed by atoms with van der Waals surface area (Å²) in [4.78, 5) is 24.3. The predicted octanol–water partition coefficient (Wildman–Crippen LogP) is 4.60. The van der Waals surface area contributed by atoms with Crippen molar-refractivity contribution in [3.8, 4) is 16.9 Å². The Morgan fingerprint density at radius 1 is 1.03 bits per heavy atom. The molecular weight excluding hydrogens is 362 g/mol. The molecule has 0 saturated carbocycles. The lowest BCUT2D eigenvalue weighted by atomic mass is 9.95. The van der Waals surface area contributed by atoms with Gasteiger partial charge in [0.25, 0.3) is 5.91 Å². The SMILES string of the molecule is CC(=O)c1ccccc1-c1ccc2c(c1)C[C@@H](CNC(=O)c1ccc(C)cc1)O2. The maximum Gasteiger partial charge on any atom is 0.251 e. The van der Waals surface area contributed by atoms with Gasteiger partial charge in [-0.05, 0) is 54.8 Å². The number of nitrogens with one attached hydrogen (secondary N) is 1. The first-order chi connectivity index (χ1) is 14.0. The molecule has 0 unspecified atom stereocenters. The molecule has 0 radical (unpaired) electrons. The van der Waals surface area contributed by atoms with Crippen molar-refractivity contribution < 1.29 is 14.3 Å². The molecule has 1 N–H and O–H groups in total. The molecule has 0 saturated heterocycles. The van der Waals surface area contributed by atoms with Crippen LogP contribution in [0.15, 0.2) is 66.7 Å². The summed E-state index contributed by atoms with van der Waals surface area (Å²) in [5, 5.41) is 2.96. The molecule has 1 aliphatic rings. The van der Waals surface area contributed by atoms with Crippen LogP contribution in [0, 0.1) is 6.92 Å². The fraction of sp³-hybridized carbons (Fsp3) is 0.200. The highest BCUT2D eigenvalue weighted by molar-refractivity contribution is 6.00. The van der Waals surface area contributed by atoms with Crippen LogP contribution in [0.25, 0.3) is 11.1 Å². The van der Waals surface area contributed by atoms with Gasteiger partial charge >= 0.3 is 0 Å². The number of amides is 1. The van der Waals surface area contributed by atoms with Crippen LogP contribution in [0.4, 0.5) is 0 Å². The molecular formula is C25H23NO3. The van der Waals surface area contributed by atoms with E-state index >= 15 is 0 Å². The number of carbonyl (C=O) groups excluding carboxylic acids is 2. The first-order valence-corrected chi connectivity index (χ1v) is 9.76. The number of ketones is 1. The number of ether oxygens (including phenoxy) is 1. The largest absolute Gasteiger partial charge is 0.488 e. The highest BCUT2D eigenvalue weighted by atomic mass is 16.5. The lowest BCUT2D eigenvalue weighted by molar-refractivity contribution is 0.0933. The number of aryl methyl sites for hydroxylation is 1. The molecule has 1 atom stereocenters. The molecule has 3 aromatic rings. The van der Waals surface area contributed by atoms with Crippen LogP contribution in [-0.4, -0.2) is 24.3 Å². The minimum Gasteiger partial charge on any atom is -0.488 e. The van der Waals surface area contributed by atoms with Crippen molar-refractivity contribution in [3.05, 3.63) is 89.0 Å². The van der Waals surface area contributed by atoms with Crippen LogP contribution in [0.2, 0.25) is 0 Å². The monoisotopic (exact) mass is 385 g/mol. The zero-order valence-corrected chi connectivity index (χ0v) is 16.6. The molecule has 4 heteroatoms. The molecule has 29 heavy (non-hydrogen) atoms. The van der Waals surface area contributed by atoms with Gasteiger partial charge in [-0.1, -0.05) is 48.0 Å². The number of Topliss-reactive ketones (excluding diaryl/α,β-unsaturated/α-hetero) is 1. The Labute approximate surface area is 170 Å². The number of rotatable bonds is 5. The van der Waals surface area contributed by atoms with Crippen LogP contribution in [0.3, 0.4) is 0 Å². The van der Waals surface area contributed by atoms with Crippen molar-refractivity contribution in [1.82, 2.24) is 5.32 Å². The van der Waals surface area contributed by atoms with Gasteiger partial charge in [0.2, 0.25) is 0 Å². The van der Waals surface area contributed by atoms with E-state index in [2.05, 4.69) is 11.4 Å². The van der Waals surface area contributed by atoms with Crippen molar-refractivity contribution in [2.24, 2.45) is 0 Å². The number of hydrogen-bond donors (Lipinski definition) is 1.